The Labute approximate surface area is 165 Å². The van der Waals surface area contributed by atoms with E-state index in [1.807, 2.05) is 20.9 Å². The number of thiazole rings is 1. The number of guanidine groups is 1. The average Bonchev–Trinajstić information content (AvgIpc) is 3.10. The quantitative estimate of drug-likeness (QED) is 0.415. The van der Waals surface area contributed by atoms with Gasteiger partial charge in [0.25, 0.3) is 5.91 Å². The lowest BCUT2D eigenvalue weighted by Crippen LogP contribution is -2.39. The summed E-state index contributed by atoms with van der Waals surface area (Å²) in [6, 6.07) is 8.67. The first kappa shape index (κ1) is 20.9. The zero-order chi connectivity index (χ0) is 19.6. The molecular weight excluding hydrogens is 358 g/mol. The Bertz CT molecular complexity index is 754. The number of hydrogen-bond acceptors (Lipinski definition) is 4. The van der Waals surface area contributed by atoms with E-state index < -0.39 is 0 Å². The van der Waals surface area contributed by atoms with Crippen molar-refractivity contribution in [2.24, 2.45) is 4.99 Å². The molecule has 2 N–H and O–H groups in total. The molecule has 1 aromatic carbocycles. The lowest BCUT2D eigenvalue weighted by molar-refractivity contribution is 0.0958. The molecular formula is C20H29N5OS. The third kappa shape index (κ3) is 6.36. The van der Waals surface area contributed by atoms with Crippen LogP contribution in [0.2, 0.25) is 0 Å². The largest absolute Gasteiger partial charge is 0.357 e. The van der Waals surface area contributed by atoms with Gasteiger partial charge in [0.1, 0.15) is 4.88 Å². The first-order valence-electron chi connectivity index (χ1n) is 9.30. The summed E-state index contributed by atoms with van der Waals surface area (Å²) < 4.78 is 0. The third-order valence-corrected chi connectivity index (χ3v) is 5.09. The molecule has 0 aliphatic heterocycles. The van der Waals surface area contributed by atoms with Crippen LogP contribution >= 0.6 is 11.3 Å². The number of hydrogen-bond donors (Lipinski definition) is 2. The highest BCUT2D eigenvalue weighted by atomic mass is 32.1. The van der Waals surface area contributed by atoms with E-state index in [1.54, 1.807) is 5.51 Å². The summed E-state index contributed by atoms with van der Waals surface area (Å²) in [5.41, 5.74) is 5.04. The monoisotopic (exact) mass is 387 g/mol. The fourth-order valence-electron chi connectivity index (χ4n) is 2.63. The van der Waals surface area contributed by atoms with E-state index in [4.69, 9.17) is 0 Å². The van der Waals surface area contributed by atoms with Gasteiger partial charge in [0.2, 0.25) is 0 Å². The molecule has 0 atom stereocenters. The molecule has 0 aliphatic rings. The van der Waals surface area contributed by atoms with E-state index in [1.165, 1.54) is 22.5 Å². The average molecular weight is 388 g/mol. The molecule has 1 aromatic heterocycles. The number of nitrogens with zero attached hydrogens (tertiary/aromatic N) is 3. The summed E-state index contributed by atoms with van der Waals surface area (Å²) >= 11 is 1.36. The normalized spacial score (nSPS) is 11.3. The maximum absolute atomic E-state index is 12.1. The molecule has 0 unspecified atom stereocenters. The van der Waals surface area contributed by atoms with Gasteiger partial charge in [0.15, 0.2) is 5.96 Å². The van der Waals surface area contributed by atoms with Crippen LogP contribution in [-0.2, 0) is 13.0 Å². The zero-order valence-corrected chi connectivity index (χ0v) is 17.4. The minimum absolute atomic E-state index is 0.0837. The number of benzene rings is 1. The van der Waals surface area contributed by atoms with E-state index in [0.717, 1.165) is 31.2 Å². The predicted octanol–water partition coefficient (Wildman–Crippen LogP) is 2.84. The fourth-order valence-corrected chi connectivity index (χ4v) is 3.35. The number of amides is 1. The summed E-state index contributed by atoms with van der Waals surface area (Å²) in [5, 5.41) is 6.21. The Balaban J connectivity index is 1.88. The van der Waals surface area contributed by atoms with Crippen molar-refractivity contribution in [1.82, 2.24) is 20.5 Å². The number of rotatable bonds is 8. The van der Waals surface area contributed by atoms with Crippen LogP contribution in [0.25, 0.3) is 0 Å². The lowest BCUT2D eigenvalue weighted by Gasteiger charge is -2.22. The molecule has 1 heterocycles. The van der Waals surface area contributed by atoms with Gasteiger partial charge in [-0.15, -0.1) is 11.3 Å². The first-order valence-corrected chi connectivity index (χ1v) is 10.2. The highest BCUT2D eigenvalue weighted by Gasteiger charge is 2.11. The van der Waals surface area contributed by atoms with Gasteiger partial charge in [0.05, 0.1) is 17.7 Å². The number of aryl methyl sites for hydroxylation is 2. The Hall–Kier alpha value is -2.41. The van der Waals surface area contributed by atoms with Crippen molar-refractivity contribution < 1.29 is 4.79 Å². The topological polar surface area (TPSA) is 69.6 Å². The van der Waals surface area contributed by atoms with Crippen LogP contribution in [0.1, 0.15) is 40.3 Å². The number of carbonyl (C=O) groups is 1. The van der Waals surface area contributed by atoms with E-state index in [0.29, 0.717) is 18.0 Å². The molecule has 146 valence electrons. The summed E-state index contributed by atoms with van der Waals surface area (Å²) in [7, 11) is 2.02. The van der Waals surface area contributed by atoms with Crippen molar-refractivity contribution in [3.05, 3.63) is 51.5 Å². The molecule has 2 rings (SSSR count). The van der Waals surface area contributed by atoms with Crippen LogP contribution in [0.5, 0.6) is 0 Å². The van der Waals surface area contributed by atoms with Crippen molar-refractivity contribution in [3.63, 3.8) is 0 Å². The van der Waals surface area contributed by atoms with Crippen LogP contribution in [0.3, 0.4) is 0 Å². The molecule has 0 saturated carbocycles. The highest BCUT2D eigenvalue weighted by molar-refractivity contribution is 7.11. The van der Waals surface area contributed by atoms with Crippen LogP contribution in [0, 0.1) is 6.92 Å². The molecule has 6 nitrogen and oxygen atoms in total. The zero-order valence-electron chi connectivity index (χ0n) is 16.6. The van der Waals surface area contributed by atoms with Gasteiger partial charge < -0.3 is 15.5 Å². The van der Waals surface area contributed by atoms with Gasteiger partial charge in [-0.1, -0.05) is 31.2 Å². The second kappa shape index (κ2) is 10.7. The maximum Gasteiger partial charge on any atom is 0.263 e. The Kier molecular flexibility index (Phi) is 8.26. The van der Waals surface area contributed by atoms with Crippen molar-refractivity contribution in [3.8, 4) is 0 Å². The van der Waals surface area contributed by atoms with Gasteiger partial charge in [-0.3, -0.25) is 9.79 Å². The number of aromatic nitrogens is 1. The molecule has 1 amide bonds. The van der Waals surface area contributed by atoms with E-state index in [-0.39, 0.29) is 5.91 Å². The van der Waals surface area contributed by atoms with Crippen molar-refractivity contribution in [2.45, 2.75) is 33.7 Å². The number of aliphatic imine (C=N–C) groups is 1. The second-order valence-electron chi connectivity index (χ2n) is 6.28. The van der Waals surface area contributed by atoms with Crippen LogP contribution < -0.4 is 10.6 Å². The van der Waals surface area contributed by atoms with Crippen molar-refractivity contribution in [1.29, 1.82) is 0 Å². The SMILES string of the molecule is CCNC(=NCCNC(=O)c1scnc1C)N(C)Cc1ccc(CC)cc1. The van der Waals surface area contributed by atoms with E-state index in [2.05, 4.69) is 56.7 Å². The third-order valence-electron chi connectivity index (χ3n) is 4.16. The smallest absolute Gasteiger partial charge is 0.263 e. The molecule has 7 heteroatoms. The molecule has 0 radical (unpaired) electrons. The van der Waals surface area contributed by atoms with Gasteiger partial charge in [0, 0.05) is 26.7 Å². The standard InChI is InChI=1S/C20H29N5OS/c1-5-16-7-9-17(10-8-16)13-25(4)20(21-6-2)23-12-11-22-19(26)18-15(3)24-14-27-18/h7-10,14H,5-6,11-13H2,1-4H3,(H,21,23)(H,22,26). The number of carbonyl (C=O) groups excluding carboxylic acids is 1. The summed E-state index contributed by atoms with van der Waals surface area (Å²) in [5.74, 6) is 0.750. The fraction of sp³-hybridized carbons (Fsp3) is 0.450. The van der Waals surface area contributed by atoms with Gasteiger partial charge in [-0.05, 0) is 31.4 Å². The van der Waals surface area contributed by atoms with E-state index >= 15 is 0 Å². The summed E-state index contributed by atoms with van der Waals surface area (Å²) in [6.45, 7) is 8.64. The molecule has 2 aromatic rings. The Morgan fingerprint density at radius 3 is 2.48 bits per heavy atom. The molecule has 0 fully saturated rings. The molecule has 0 bridgehead atoms. The predicted molar refractivity (Wildman–Crippen MR) is 112 cm³/mol. The van der Waals surface area contributed by atoms with Crippen molar-refractivity contribution in [2.75, 3.05) is 26.7 Å². The second-order valence-corrected chi connectivity index (χ2v) is 7.14. The minimum atomic E-state index is -0.0837. The maximum atomic E-state index is 12.1. The molecule has 0 saturated heterocycles. The lowest BCUT2D eigenvalue weighted by atomic mass is 10.1. The Morgan fingerprint density at radius 2 is 1.89 bits per heavy atom. The van der Waals surface area contributed by atoms with Crippen molar-refractivity contribution >= 4 is 23.2 Å². The van der Waals surface area contributed by atoms with Gasteiger partial charge >= 0.3 is 0 Å². The minimum Gasteiger partial charge on any atom is -0.357 e. The van der Waals surface area contributed by atoms with Crippen LogP contribution in [0.15, 0.2) is 34.8 Å². The summed E-state index contributed by atoms with van der Waals surface area (Å²) in [4.78, 5) is 23.6. The first-order chi connectivity index (χ1) is 13.0. The molecule has 27 heavy (non-hydrogen) atoms. The van der Waals surface area contributed by atoms with Crippen LogP contribution in [0.4, 0.5) is 0 Å². The van der Waals surface area contributed by atoms with Gasteiger partial charge in [-0.2, -0.15) is 0 Å². The van der Waals surface area contributed by atoms with Gasteiger partial charge in [-0.25, -0.2) is 4.98 Å². The summed E-state index contributed by atoms with van der Waals surface area (Å²) in [6.07, 6.45) is 1.05. The molecule has 0 spiro atoms. The number of nitrogens with one attached hydrogen (secondary N) is 2. The van der Waals surface area contributed by atoms with E-state index in [9.17, 15) is 4.79 Å². The highest BCUT2D eigenvalue weighted by Crippen LogP contribution is 2.11. The Morgan fingerprint density at radius 1 is 1.19 bits per heavy atom. The molecule has 0 aliphatic carbocycles. The van der Waals surface area contributed by atoms with Crippen LogP contribution in [-0.4, -0.2) is 48.4 Å².